The molecule has 1 fully saturated rings. The van der Waals surface area contributed by atoms with Crippen molar-refractivity contribution in [3.63, 3.8) is 0 Å². The Morgan fingerprint density at radius 2 is 2.05 bits per heavy atom. The lowest BCUT2D eigenvalue weighted by atomic mass is 9.93. The van der Waals surface area contributed by atoms with E-state index in [1.807, 2.05) is 6.92 Å². The lowest BCUT2D eigenvalue weighted by Gasteiger charge is -2.35. The fourth-order valence-electron chi connectivity index (χ4n) is 2.03. The number of halogens is 3. The van der Waals surface area contributed by atoms with Crippen molar-refractivity contribution < 1.29 is 27.9 Å². The van der Waals surface area contributed by atoms with Gasteiger partial charge in [-0.2, -0.15) is 13.2 Å². The van der Waals surface area contributed by atoms with Crippen molar-refractivity contribution in [2.75, 3.05) is 13.1 Å². The summed E-state index contributed by atoms with van der Waals surface area (Å²) in [5, 5.41) is 11.1. The molecule has 1 saturated heterocycles. The molecule has 110 valence electrons. The van der Waals surface area contributed by atoms with Crippen LogP contribution in [-0.4, -0.2) is 47.3 Å². The average molecular weight is 282 g/mol. The van der Waals surface area contributed by atoms with Crippen LogP contribution < -0.4 is 5.32 Å². The van der Waals surface area contributed by atoms with Crippen molar-refractivity contribution in [1.82, 2.24) is 10.2 Å². The van der Waals surface area contributed by atoms with Gasteiger partial charge in [-0.3, -0.25) is 0 Å². The first-order chi connectivity index (χ1) is 8.70. The molecule has 0 aromatic rings. The number of urea groups is 1. The molecule has 2 unspecified atom stereocenters. The topological polar surface area (TPSA) is 69.6 Å². The van der Waals surface area contributed by atoms with Gasteiger partial charge in [-0.05, 0) is 18.8 Å². The summed E-state index contributed by atoms with van der Waals surface area (Å²) < 4.78 is 35.8. The summed E-state index contributed by atoms with van der Waals surface area (Å²) >= 11 is 0. The Bertz CT molecular complexity index is 347. The van der Waals surface area contributed by atoms with Crippen LogP contribution in [0.1, 0.15) is 26.2 Å². The van der Waals surface area contributed by atoms with Crippen molar-refractivity contribution in [3.8, 4) is 0 Å². The Labute approximate surface area is 108 Å². The van der Waals surface area contributed by atoms with E-state index in [9.17, 15) is 22.8 Å². The number of rotatable bonds is 3. The molecular weight excluding hydrogens is 265 g/mol. The largest absolute Gasteiger partial charge is 0.480 e. The minimum atomic E-state index is -4.34. The molecule has 2 amide bonds. The predicted octanol–water partition coefficient (Wildman–Crippen LogP) is 1.83. The lowest BCUT2D eigenvalue weighted by molar-refractivity contribution is -0.144. The van der Waals surface area contributed by atoms with E-state index in [1.54, 1.807) is 0 Å². The zero-order chi connectivity index (χ0) is 14.6. The Hall–Kier alpha value is -1.47. The van der Waals surface area contributed by atoms with Crippen molar-refractivity contribution in [2.45, 2.75) is 38.4 Å². The first kappa shape index (κ1) is 15.6. The van der Waals surface area contributed by atoms with E-state index < -0.39 is 37.2 Å². The number of carbonyl (C=O) groups excluding carboxylic acids is 1. The number of carboxylic acid groups (broad SMARTS) is 1. The van der Waals surface area contributed by atoms with Crippen molar-refractivity contribution >= 4 is 12.0 Å². The second-order valence-electron chi connectivity index (χ2n) is 4.77. The highest BCUT2D eigenvalue weighted by atomic mass is 19.4. The number of piperidine rings is 1. The maximum absolute atomic E-state index is 11.9. The molecule has 0 bridgehead atoms. The molecule has 1 aliphatic rings. The second-order valence-corrected chi connectivity index (χ2v) is 4.77. The quantitative estimate of drug-likeness (QED) is 0.829. The van der Waals surface area contributed by atoms with E-state index in [1.165, 1.54) is 0 Å². The molecule has 1 heterocycles. The normalized spacial score (nSPS) is 24.1. The highest BCUT2D eigenvalue weighted by Crippen LogP contribution is 2.23. The number of nitrogens with one attached hydrogen (secondary N) is 1. The first-order valence-electron chi connectivity index (χ1n) is 6.04. The Balaban J connectivity index is 2.52. The molecule has 8 heteroatoms. The summed E-state index contributed by atoms with van der Waals surface area (Å²) in [7, 11) is 0. The monoisotopic (exact) mass is 282 g/mol. The van der Waals surface area contributed by atoms with Gasteiger partial charge in [0.2, 0.25) is 0 Å². The van der Waals surface area contributed by atoms with Gasteiger partial charge in [0.1, 0.15) is 6.04 Å². The first-order valence-corrected chi connectivity index (χ1v) is 6.04. The Kier molecular flexibility index (Phi) is 5.02. The van der Waals surface area contributed by atoms with Crippen molar-refractivity contribution in [2.24, 2.45) is 5.92 Å². The number of carbonyl (C=O) groups is 2. The molecule has 19 heavy (non-hydrogen) atoms. The highest BCUT2D eigenvalue weighted by molar-refractivity contribution is 5.82. The van der Waals surface area contributed by atoms with E-state index >= 15 is 0 Å². The van der Waals surface area contributed by atoms with Crippen LogP contribution in [-0.2, 0) is 4.79 Å². The van der Waals surface area contributed by atoms with Crippen LogP contribution in [0.2, 0.25) is 0 Å². The van der Waals surface area contributed by atoms with Gasteiger partial charge in [-0.25, -0.2) is 9.59 Å². The second kappa shape index (κ2) is 6.12. The van der Waals surface area contributed by atoms with Gasteiger partial charge in [0.05, 0.1) is 6.42 Å². The van der Waals surface area contributed by atoms with Crippen LogP contribution in [0.5, 0.6) is 0 Å². The van der Waals surface area contributed by atoms with Gasteiger partial charge in [-0.1, -0.05) is 6.92 Å². The minimum Gasteiger partial charge on any atom is -0.480 e. The summed E-state index contributed by atoms with van der Waals surface area (Å²) in [6.45, 7) is 1.59. The maximum Gasteiger partial charge on any atom is 0.390 e. The van der Waals surface area contributed by atoms with Gasteiger partial charge in [-0.15, -0.1) is 0 Å². The summed E-state index contributed by atoms with van der Waals surface area (Å²) in [6, 6.07) is -1.71. The van der Waals surface area contributed by atoms with E-state index in [0.717, 1.165) is 4.90 Å². The summed E-state index contributed by atoms with van der Waals surface area (Å²) in [6.07, 6.45) is -4.49. The molecule has 0 radical (unpaired) electrons. The third kappa shape index (κ3) is 4.96. The molecule has 0 spiro atoms. The van der Waals surface area contributed by atoms with Crippen LogP contribution in [0.15, 0.2) is 0 Å². The Morgan fingerprint density at radius 1 is 1.42 bits per heavy atom. The van der Waals surface area contributed by atoms with Crippen LogP contribution in [0.25, 0.3) is 0 Å². The van der Waals surface area contributed by atoms with Gasteiger partial charge < -0.3 is 15.3 Å². The number of nitrogens with zero attached hydrogens (tertiary/aromatic N) is 1. The average Bonchev–Trinajstić information content (AvgIpc) is 2.26. The fourth-order valence-corrected chi connectivity index (χ4v) is 2.03. The van der Waals surface area contributed by atoms with E-state index in [0.29, 0.717) is 12.8 Å². The number of likely N-dealkylation sites (tertiary alicyclic amines) is 1. The number of carboxylic acids is 1. The molecule has 0 aromatic carbocycles. The smallest absolute Gasteiger partial charge is 0.390 e. The third-order valence-corrected chi connectivity index (χ3v) is 3.10. The van der Waals surface area contributed by atoms with Gasteiger partial charge in [0, 0.05) is 13.1 Å². The fraction of sp³-hybridized carbons (Fsp3) is 0.818. The van der Waals surface area contributed by atoms with Crippen LogP contribution in [0.4, 0.5) is 18.0 Å². The van der Waals surface area contributed by atoms with Gasteiger partial charge >= 0.3 is 18.2 Å². The number of hydrogen-bond acceptors (Lipinski definition) is 2. The number of aliphatic carboxylic acids is 1. The molecule has 1 rings (SSSR count). The molecule has 1 aliphatic heterocycles. The molecule has 5 nitrogen and oxygen atoms in total. The van der Waals surface area contributed by atoms with Crippen LogP contribution in [0, 0.1) is 5.92 Å². The van der Waals surface area contributed by atoms with Crippen molar-refractivity contribution in [3.05, 3.63) is 0 Å². The van der Waals surface area contributed by atoms with Crippen molar-refractivity contribution in [1.29, 1.82) is 0 Å². The maximum atomic E-state index is 11.9. The molecule has 2 atom stereocenters. The van der Waals surface area contributed by atoms with Crippen LogP contribution >= 0.6 is 0 Å². The van der Waals surface area contributed by atoms with Gasteiger partial charge in [0.15, 0.2) is 0 Å². The summed E-state index contributed by atoms with van der Waals surface area (Å²) in [5.41, 5.74) is 0. The van der Waals surface area contributed by atoms with E-state index in [2.05, 4.69) is 5.32 Å². The van der Waals surface area contributed by atoms with Crippen LogP contribution in [0.3, 0.4) is 0 Å². The predicted molar refractivity (Wildman–Crippen MR) is 60.6 cm³/mol. The number of alkyl halides is 3. The molecule has 0 saturated carbocycles. The van der Waals surface area contributed by atoms with Gasteiger partial charge in [0.25, 0.3) is 0 Å². The zero-order valence-electron chi connectivity index (χ0n) is 10.5. The molecule has 2 N–H and O–H groups in total. The standard InChI is InChI=1S/C11H17F3N2O3/c1-7-2-5-16(8(6-7)9(17)18)10(19)15-4-3-11(12,13)14/h7-8H,2-6H2,1H3,(H,15,19)(H,17,18). The number of hydrogen-bond donors (Lipinski definition) is 2. The SMILES string of the molecule is CC1CCN(C(=O)NCCC(F)(F)F)C(C(=O)O)C1. The zero-order valence-corrected chi connectivity index (χ0v) is 10.5. The van der Waals surface area contributed by atoms with E-state index in [-0.39, 0.29) is 12.5 Å². The number of amides is 2. The summed E-state index contributed by atoms with van der Waals surface area (Å²) in [4.78, 5) is 23.8. The lowest BCUT2D eigenvalue weighted by Crippen LogP contribution is -2.53. The Morgan fingerprint density at radius 3 is 2.58 bits per heavy atom. The van der Waals surface area contributed by atoms with E-state index in [4.69, 9.17) is 5.11 Å². The summed E-state index contributed by atoms with van der Waals surface area (Å²) in [5.74, 6) is -0.946. The molecule has 0 aliphatic carbocycles. The minimum absolute atomic E-state index is 0.181. The molecule has 0 aromatic heterocycles. The highest BCUT2D eigenvalue weighted by Gasteiger charge is 2.35. The molecular formula is C11H17F3N2O3. The third-order valence-electron chi connectivity index (χ3n) is 3.10.